The average molecular weight is 553 g/mol. The number of rotatable bonds is 5. The van der Waals surface area contributed by atoms with Crippen molar-refractivity contribution in [2.45, 2.75) is 49.5 Å². The zero-order valence-corrected chi connectivity index (χ0v) is 22.5. The van der Waals surface area contributed by atoms with E-state index in [-0.39, 0.29) is 29.1 Å². The quantitative estimate of drug-likeness (QED) is 0.480. The number of piperidine rings is 2. The van der Waals surface area contributed by atoms with E-state index < -0.39 is 17.6 Å². The molecule has 5 aliphatic rings. The third kappa shape index (κ3) is 4.01. The van der Waals surface area contributed by atoms with Gasteiger partial charge in [0.25, 0.3) is 5.91 Å². The van der Waals surface area contributed by atoms with Crippen molar-refractivity contribution < 1.29 is 22.7 Å². The molecule has 4 fully saturated rings. The number of nitrogens with zero attached hydrogens (tertiary/aromatic N) is 6. The Hall–Kier alpha value is -3.44. The van der Waals surface area contributed by atoms with Crippen LogP contribution < -0.4 is 9.80 Å². The number of piperazine rings is 1. The van der Waals surface area contributed by atoms with Gasteiger partial charge in [0.05, 0.1) is 25.3 Å². The molecule has 0 spiro atoms. The van der Waals surface area contributed by atoms with Crippen LogP contribution in [-0.2, 0) is 36.3 Å². The highest BCUT2D eigenvalue weighted by Gasteiger charge is 2.45. The number of carbonyl (C=O) groups is 1. The SMILES string of the molecule is CN1CC2CCC1CN2c1cc2c(c(C(F)(F)F)c1)CN(c1cccc(C3(Cc4nncn4C)COC3)c1)C2=O. The van der Waals surface area contributed by atoms with Crippen LogP contribution in [0, 0.1) is 0 Å². The van der Waals surface area contributed by atoms with Crippen LogP contribution in [0.5, 0.6) is 0 Å². The Morgan fingerprint density at radius 1 is 1.05 bits per heavy atom. The highest BCUT2D eigenvalue weighted by Crippen LogP contribution is 2.44. The molecule has 0 radical (unpaired) electrons. The van der Waals surface area contributed by atoms with Crippen LogP contribution in [0.15, 0.2) is 42.7 Å². The molecule has 2 atom stereocenters. The molecule has 0 aliphatic carbocycles. The fourth-order valence-electron chi connectivity index (χ4n) is 6.87. The van der Waals surface area contributed by atoms with Gasteiger partial charge in [0, 0.05) is 61.0 Å². The molecule has 40 heavy (non-hydrogen) atoms. The number of likely N-dealkylation sites (N-methyl/N-ethyl adjacent to an activating group) is 1. The predicted octanol–water partition coefficient (Wildman–Crippen LogP) is 3.79. The Labute approximate surface area is 230 Å². The molecule has 8 nitrogen and oxygen atoms in total. The second-order valence-electron chi connectivity index (χ2n) is 11.7. The topological polar surface area (TPSA) is 66.7 Å². The zero-order chi connectivity index (χ0) is 27.8. The van der Waals surface area contributed by atoms with Crippen LogP contribution in [0.4, 0.5) is 24.5 Å². The molecule has 8 rings (SSSR count). The van der Waals surface area contributed by atoms with E-state index in [4.69, 9.17) is 4.74 Å². The van der Waals surface area contributed by atoms with Crippen LogP contribution in [-0.4, -0.2) is 71.0 Å². The van der Waals surface area contributed by atoms with Gasteiger partial charge in [-0.25, -0.2) is 0 Å². The third-order valence-corrected chi connectivity index (χ3v) is 9.30. The molecule has 210 valence electrons. The molecule has 1 amide bonds. The van der Waals surface area contributed by atoms with E-state index in [2.05, 4.69) is 27.0 Å². The number of halogens is 3. The first kappa shape index (κ1) is 25.5. The smallest absolute Gasteiger partial charge is 0.379 e. The number of fused-ring (bicyclic) bond motifs is 4. The average Bonchev–Trinajstić information content (AvgIpc) is 3.47. The summed E-state index contributed by atoms with van der Waals surface area (Å²) >= 11 is 0. The molecule has 2 unspecified atom stereocenters. The number of carbonyl (C=O) groups excluding carboxylic acids is 1. The van der Waals surface area contributed by atoms with Crippen molar-refractivity contribution in [1.82, 2.24) is 19.7 Å². The summed E-state index contributed by atoms with van der Waals surface area (Å²) in [5, 5.41) is 8.20. The lowest BCUT2D eigenvalue weighted by Crippen LogP contribution is -2.61. The van der Waals surface area contributed by atoms with Gasteiger partial charge >= 0.3 is 6.18 Å². The molecule has 1 aromatic heterocycles. The van der Waals surface area contributed by atoms with Gasteiger partial charge in [0.2, 0.25) is 0 Å². The van der Waals surface area contributed by atoms with E-state index in [1.54, 1.807) is 18.5 Å². The lowest BCUT2D eigenvalue weighted by molar-refractivity contribution is -0.138. The van der Waals surface area contributed by atoms with Crippen molar-refractivity contribution in [3.8, 4) is 0 Å². The monoisotopic (exact) mass is 552 g/mol. The second-order valence-corrected chi connectivity index (χ2v) is 11.7. The Balaban J connectivity index is 1.23. The van der Waals surface area contributed by atoms with Crippen LogP contribution in [0.3, 0.4) is 0 Å². The minimum Gasteiger partial charge on any atom is -0.379 e. The minimum absolute atomic E-state index is 0.0479. The molecule has 2 bridgehead atoms. The Morgan fingerprint density at radius 3 is 2.48 bits per heavy atom. The van der Waals surface area contributed by atoms with Crippen LogP contribution in [0.25, 0.3) is 0 Å². The summed E-state index contributed by atoms with van der Waals surface area (Å²) in [6.07, 6.45) is -0.316. The van der Waals surface area contributed by atoms with E-state index in [1.807, 2.05) is 29.8 Å². The number of aromatic nitrogens is 3. The molecular formula is C29H31F3N6O2. The zero-order valence-electron chi connectivity index (χ0n) is 22.5. The molecule has 6 heterocycles. The summed E-state index contributed by atoms with van der Waals surface area (Å²) in [6, 6.07) is 10.9. The van der Waals surface area contributed by atoms with E-state index in [0.29, 0.717) is 43.6 Å². The molecule has 0 saturated carbocycles. The van der Waals surface area contributed by atoms with Crippen molar-refractivity contribution in [3.05, 3.63) is 70.8 Å². The number of alkyl halides is 3. The maximum atomic E-state index is 14.4. The van der Waals surface area contributed by atoms with Gasteiger partial charge in [-0.1, -0.05) is 12.1 Å². The van der Waals surface area contributed by atoms with Gasteiger partial charge in [-0.15, -0.1) is 10.2 Å². The normalized spacial score (nSPS) is 24.0. The van der Waals surface area contributed by atoms with Gasteiger partial charge in [0.1, 0.15) is 12.2 Å². The van der Waals surface area contributed by atoms with Crippen LogP contribution >= 0.6 is 0 Å². The van der Waals surface area contributed by atoms with Crippen molar-refractivity contribution in [1.29, 1.82) is 0 Å². The van der Waals surface area contributed by atoms with Crippen molar-refractivity contribution in [2.75, 3.05) is 43.2 Å². The number of benzene rings is 2. The third-order valence-electron chi connectivity index (χ3n) is 9.30. The van der Waals surface area contributed by atoms with Crippen molar-refractivity contribution in [2.24, 2.45) is 7.05 Å². The highest BCUT2D eigenvalue weighted by molar-refractivity contribution is 6.11. The van der Waals surface area contributed by atoms with Crippen LogP contribution in [0.1, 0.15) is 45.7 Å². The lowest BCUT2D eigenvalue weighted by Gasteiger charge is -2.51. The fourth-order valence-corrected chi connectivity index (χ4v) is 6.87. The highest BCUT2D eigenvalue weighted by atomic mass is 19.4. The largest absolute Gasteiger partial charge is 0.416 e. The van der Waals surface area contributed by atoms with E-state index in [0.717, 1.165) is 30.8 Å². The summed E-state index contributed by atoms with van der Waals surface area (Å²) in [5.74, 6) is 0.421. The van der Waals surface area contributed by atoms with E-state index >= 15 is 0 Å². The molecule has 0 N–H and O–H groups in total. The molecule has 11 heteroatoms. The standard InChI is InChI=1S/C29H31F3N6O2/c1-35-12-21-7-6-20(35)13-37(21)22-9-23-24(25(10-22)29(30,31)32)14-38(27(23)39)19-5-3-4-18(8-19)28(15-40-16-28)11-26-34-33-17-36(26)2/h3-5,8-10,17,20-21H,6-7,11-16H2,1-2H3. The van der Waals surface area contributed by atoms with E-state index in [1.165, 1.54) is 11.0 Å². The fraction of sp³-hybridized carbons (Fsp3) is 0.483. The first-order valence-corrected chi connectivity index (χ1v) is 13.7. The Bertz CT molecular complexity index is 1480. The molecule has 3 aromatic rings. The minimum atomic E-state index is -4.56. The summed E-state index contributed by atoms with van der Waals surface area (Å²) in [4.78, 5) is 19.6. The number of ether oxygens (including phenoxy) is 1. The molecule has 2 aromatic carbocycles. The summed E-state index contributed by atoms with van der Waals surface area (Å²) in [7, 11) is 3.96. The first-order valence-electron chi connectivity index (χ1n) is 13.7. The number of hydrogen-bond acceptors (Lipinski definition) is 6. The molecule has 5 aliphatic heterocycles. The Morgan fingerprint density at radius 2 is 1.85 bits per heavy atom. The van der Waals surface area contributed by atoms with Crippen molar-refractivity contribution >= 4 is 17.3 Å². The number of aryl methyl sites for hydroxylation is 1. The van der Waals surface area contributed by atoms with Gasteiger partial charge in [-0.2, -0.15) is 13.2 Å². The van der Waals surface area contributed by atoms with Crippen molar-refractivity contribution in [3.63, 3.8) is 0 Å². The van der Waals surface area contributed by atoms with Crippen LogP contribution in [0.2, 0.25) is 0 Å². The number of hydrogen-bond donors (Lipinski definition) is 0. The molecular weight excluding hydrogens is 521 g/mol. The van der Waals surface area contributed by atoms with E-state index in [9.17, 15) is 18.0 Å². The lowest BCUT2D eigenvalue weighted by atomic mass is 9.75. The second kappa shape index (κ2) is 9.04. The predicted molar refractivity (Wildman–Crippen MR) is 142 cm³/mol. The number of anilines is 2. The number of amides is 1. The summed E-state index contributed by atoms with van der Waals surface area (Å²) < 4.78 is 50.7. The maximum Gasteiger partial charge on any atom is 0.416 e. The van der Waals surface area contributed by atoms with Gasteiger partial charge in [0.15, 0.2) is 0 Å². The summed E-state index contributed by atoms with van der Waals surface area (Å²) in [6.45, 7) is 2.36. The molecule has 4 saturated heterocycles. The maximum absolute atomic E-state index is 14.4. The van der Waals surface area contributed by atoms with Gasteiger partial charge < -0.3 is 19.1 Å². The first-order chi connectivity index (χ1) is 19.1. The van der Waals surface area contributed by atoms with Gasteiger partial charge in [-0.05, 0) is 55.3 Å². The van der Waals surface area contributed by atoms with Gasteiger partial charge in [-0.3, -0.25) is 9.69 Å². The Kier molecular flexibility index (Phi) is 5.77. The summed E-state index contributed by atoms with van der Waals surface area (Å²) in [5.41, 5.74) is 1.18.